The maximum atomic E-state index is 6.06. The maximum Gasteiger partial charge on any atom is 0.224 e. The summed E-state index contributed by atoms with van der Waals surface area (Å²) in [7, 11) is 0. The van der Waals surface area contributed by atoms with Crippen LogP contribution in [0.25, 0.3) is 0 Å². The van der Waals surface area contributed by atoms with Gasteiger partial charge in [0.25, 0.3) is 0 Å². The van der Waals surface area contributed by atoms with Gasteiger partial charge in [0, 0.05) is 18.8 Å². The standard InChI is InChI=1S/C32H54NO3S/c1-3-5-6-7-8-9-10-11-12-13-14-15-16-19-23-34-27-32(36-4-2)28-35-26-31-21-18-17-20-30(31)25-33-22-24-37-29-33/h17-18,20-22,24,29,32H,3-16,19,23,25-28H2,1-2H3/q+1. The number of hydrogen-bond acceptors (Lipinski definition) is 4. The molecule has 0 aliphatic carbocycles. The third-order valence-electron chi connectivity index (χ3n) is 6.91. The average molecular weight is 533 g/mol. The van der Waals surface area contributed by atoms with Crippen molar-refractivity contribution in [1.82, 2.24) is 0 Å². The summed E-state index contributed by atoms with van der Waals surface area (Å²) in [6.45, 7) is 8.48. The molecule has 4 nitrogen and oxygen atoms in total. The highest BCUT2D eigenvalue weighted by molar-refractivity contribution is 7.07. The molecule has 2 aromatic rings. The third kappa shape index (κ3) is 16.3. The Morgan fingerprint density at radius 2 is 1.32 bits per heavy atom. The summed E-state index contributed by atoms with van der Waals surface area (Å²) in [5.41, 5.74) is 4.67. The largest absolute Gasteiger partial charge is 0.379 e. The Morgan fingerprint density at radius 3 is 1.92 bits per heavy atom. The molecule has 210 valence electrons. The molecule has 37 heavy (non-hydrogen) atoms. The summed E-state index contributed by atoms with van der Waals surface area (Å²) in [6.07, 6.45) is 21.4. The molecule has 0 amide bonds. The van der Waals surface area contributed by atoms with Crippen LogP contribution in [0.1, 0.15) is 115 Å². The Morgan fingerprint density at radius 1 is 0.730 bits per heavy atom. The van der Waals surface area contributed by atoms with Crippen molar-refractivity contribution in [2.45, 2.75) is 123 Å². The molecule has 0 aliphatic heterocycles. The van der Waals surface area contributed by atoms with Crippen LogP contribution in [0, 0.1) is 0 Å². The molecule has 1 aromatic carbocycles. The first kappa shape index (κ1) is 31.9. The van der Waals surface area contributed by atoms with Gasteiger partial charge in [0.1, 0.15) is 6.10 Å². The van der Waals surface area contributed by atoms with E-state index in [0.29, 0.717) is 26.4 Å². The first-order chi connectivity index (χ1) is 18.3. The molecule has 0 bridgehead atoms. The highest BCUT2D eigenvalue weighted by Gasteiger charge is 2.12. The first-order valence-corrected chi connectivity index (χ1v) is 16.0. The van der Waals surface area contributed by atoms with Crippen LogP contribution in [0.4, 0.5) is 0 Å². The summed E-state index contributed by atoms with van der Waals surface area (Å²) >= 11 is 1.71. The number of unbranched alkanes of at least 4 members (excludes halogenated alkanes) is 13. The van der Waals surface area contributed by atoms with Crippen LogP contribution in [0.15, 0.2) is 41.4 Å². The molecule has 0 fully saturated rings. The number of thiazole rings is 1. The molecule has 0 spiro atoms. The van der Waals surface area contributed by atoms with E-state index in [-0.39, 0.29) is 6.10 Å². The summed E-state index contributed by atoms with van der Waals surface area (Å²) < 4.78 is 20.1. The second-order valence-corrected chi connectivity index (χ2v) is 11.0. The highest BCUT2D eigenvalue weighted by atomic mass is 32.1. The van der Waals surface area contributed by atoms with Crippen LogP contribution in [0.3, 0.4) is 0 Å². The normalized spacial score (nSPS) is 12.3. The monoisotopic (exact) mass is 532 g/mol. The summed E-state index contributed by atoms with van der Waals surface area (Å²) in [4.78, 5) is 0. The number of ether oxygens (including phenoxy) is 3. The van der Waals surface area contributed by atoms with Gasteiger partial charge in [-0.25, -0.2) is 0 Å². The molecule has 5 heteroatoms. The fourth-order valence-electron chi connectivity index (χ4n) is 4.69. The summed E-state index contributed by atoms with van der Waals surface area (Å²) in [5.74, 6) is 0. The van der Waals surface area contributed by atoms with Crippen molar-refractivity contribution in [3.8, 4) is 0 Å². The van der Waals surface area contributed by atoms with Crippen molar-refractivity contribution in [2.75, 3.05) is 26.4 Å². The fraction of sp³-hybridized carbons (Fsp3) is 0.719. The molecular weight excluding hydrogens is 478 g/mol. The van der Waals surface area contributed by atoms with Gasteiger partial charge >= 0.3 is 0 Å². The number of aromatic nitrogens is 1. The van der Waals surface area contributed by atoms with E-state index in [1.54, 1.807) is 11.3 Å². The third-order valence-corrected chi connectivity index (χ3v) is 7.58. The van der Waals surface area contributed by atoms with Crippen LogP contribution in [0.5, 0.6) is 0 Å². The molecule has 0 radical (unpaired) electrons. The number of hydrogen-bond donors (Lipinski definition) is 0. The average Bonchev–Trinajstić information content (AvgIpc) is 3.42. The van der Waals surface area contributed by atoms with Crippen molar-refractivity contribution in [3.63, 3.8) is 0 Å². The molecule has 1 unspecified atom stereocenters. The molecule has 0 aliphatic rings. The van der Waals surface area contributed by atoms with E-state index in [9.17, 15) is 0 Å². The number of nitrogens with zero attached hydrogens (tertiary/aromatic N) is 1. The quantitative estimate of drug-likeness (QED) is 0.0949. The predicted octanol–water partition coefficient (Wildman–Crippen LogP) is 8.50. The van der Waals surface area contributed by atoms with E-state index >= 15 is 0 Å². The minimum absolute atomic E-state index is 0.00458. The van der Waals surface area contributed by atoms with E-state index in [2.05, 4.69) is 52.8 Å². The van der Waals surface area contributed by atoms with E-state index in [0.717, 1.165) is 19.6 Å². The lowest BCUT2D eigenvalue weighted by atomic mass is 10.0. The van der Waals surface area contributed by atoms with Crippen molar-refractivity contribution in [1.29, 1.82) is 0 Å². The van der Waals surface area contributed by atoms with Crippen molar-refractivity contribution >= 4 is 11.3 Å². The van der Waals surface area contributed by atoms with Crippen LogP contribution < -0.4 is 4.57 Å². The molecule has 0 N–H and O–H groups in total. The van der Waals surface area contributed by atoms with Gasteiger partial charge in [-0.1, -0.05) is 126 Å². The Balaban J connectivity index is 1.46. The van der Waals surface area contributed by atoms with Crippen molar-refractivity contribution in [3.05, 3.63) is 52.5 Å². The van der Waals surface area contributed by atoms with Crippen LogP contribution >= 0.6 is 11.3 Å². The smallest absolute Gasteiger partial charge is 0.224 e. The minimum atomic E-state index is -0.00458. The van der Waals surface area contributed by atoms with Crippen LogP contribution in [-0.4, -0.2) is 32.5 Å². The van der Waals surface area contributed by atoms with E-state index in [4.69, 9.17) is 14.2 Å². The number of benzene rings is 1. The maximum absolute atomic E-state index is 6.06. The zero-order valence-electron chi connectivity index (χ0n) is 23.8. The van der Waals surface area contributed by atoms with E-state index in [1.807, 2.05) is 6.92 Å². The van der Waals surface area contributed by atoms with Crippen LogP contribution in [0.2, 0.25) is 0 Å². The SMILES string of the molecule is CCCCCCCCCCCCCCCCOCC(COCc1ccccc1C[n+]1ccsc1)OCC. The topological polar surface area (TPSA) is 31.6 Å². The zero-order valence-corrected chi connectivity index (χ0v) is 24.7. The van der Waals surface area contributed by atoms with Gasteiger partial charge < -0.3 is 14.2 Å². The van der Waals surface area contributed by atoms with Crippen molar-refractivity contribution in [2.24, 2.45) is 0 Å². The lowest BCUT2D eigenvalue weighted by Crippen LogP contribution is -2.31. The van der Waals surface area contributed by atoms with Gasteiger partial charge in [0.2, 0.25) is 5.51 Å². The Labute approximate surface area is 231 Å². The van der Waals surface area contributed by atoms with Gasteiger partial charge in [-0.15, -0.1) is 0 Å². The predicted molar refractivity (Wildman–Crippen MR) is 156 cm³/mol. The van der Waals surface area contributed by atoms with Gasteiger partial charge in [-0.2, -0.15) is 4.57 Å². The van der Waals surface area contributed by atoms with Gasteiger partial charge in [0.05, 0.1) is 25.2 Å². The molecule has 1 heterocycles. The second-order valence-electron chi connectivity index (χ2n) is 10.2. The molecule has 1 atom stereocenters. The summed E-state index contributed by atoms with van der Waals surface area (Å²) in [6, 6.07) is 8.52. The Kier molecular flexibility index (Phi) is 19.6. The lowest BCUT2D eigenvalue weighted by molar-refractivity contribution is -0.683. The van der Waals surface area contributed by atoms with Crippen LogP contribution in [-0.2, 0) is 27.4 Å². The minimum Gasteiger partial charge on any atom is -0.379 e. The van der Waals surface area contributed by atoms with Gasteiger partial charge in [-0.05, 0) is 18.9 Å². The molecule has 1 aromatic heterocycles. The molecular formula is C32H54NO3S+. The molecule has 2 rings (SSSR count). The first-order valence-electron chi connectivity index (χ1n) is 15.1. The fourth-order valence-corrected chi connectivity index (χ4v) is 5.29. The van der Waals surface area contributed by atoms with Crippen molar-refractivity contribution < 1.29 is 18.8 Å². The van der Waals surface area contributed by atoms with Gasteiger partial charge in [-0.3, -0.25) is 0 Å². The highest BCUT2D eigenvalue weighted by Crippen LogP contribution is 2.14. The number of rotatable bonds is 25. The Hall–Kier alpha value is -1.27. The molecule has 0 saturated carbocycles. The zero-order chi connectivity index (χ0) is 26.2. The Bertz CT molecular complexity index is 752. The second kappa shape index (κ2) is 22.7. The lowest BCUT2D eigenvalue weighted by Gasteiger charge is -2.18. The molecule has 0 saturated heterocycles. The summed E-state index contributed by atoms with van der Waals surface area (Å²) in [5, 5.41) is 2.10. The van der Waals surface area contributed by atoms with Gasteiger partial charge in [0.15, 0.2) is 12.7 Å². The van der Waals surface area contributed by atoms with E-state index < -0.39 is 0 Å². The van der Waals surface area contributed by atoms with E-state index in [1.165, 1.54) is 94.6 Å².